The van der Waals surface area contributed by atoms with Gasteiger partial charge in [0.1, 0.15) is 5.54 Å². The van der Waals surface area contributed by atoms with E-state index < -0.39 is 23.4 Å². The van der Waals surface area contributed by atoms with Gasteiger partial charge in [0.15, 0.2) is 11.0 Å². The lowest BCUT2D eigenvalue weighted by molar-refractivity contribution is -0.137. The smallest absolute Gasteiger partial charge is 0.322 e. The van der Waals surface area contributed by atoms with Gasteiger partial charge >= 0.3 is 6.03 Å². The number of imide groups is 1. The summed E-state index contributed by atoms with van der Waals surface area (Å²) in [7, 11) is 0. The van der Waals surface area contributed by atoms with Crippen molar-refractivity contribution >= 4 is 41.2 Å². The van der Waals surface area contributed by atoms with E-state index in [2.05, 4.69) is 20.9 Å². The normalized spacial score (nSPS) is 17.7. The highest BCUT2D eigenvalue weighted by molar-refractivity contribution is 7.99. The molecule has 0 radical (unpaired) electrons. The number of aromatic nitrogens is 3. The Bertz CT molecular complexity index is 1240. The minimum Gasteiger partial charge on any atom is -0.322 e. The maximum atomic E-state index is 12.6. The number of carbonyl (C=O) groups excluding carboxylic acids is 3. The van der Waals surface area contributed by atoms with E-state index in [9.17, 15) is 14.4 Å². The van der Waals surface area contributed by atoms with Gasteiger partial charge in [-0.05, 0) is 56.7 Å². The lowest BCUT2D eigenvalue weighted by atomic mass is 10.00. The summed E-state index contributed by atoms with van der Waals surface area (Å²) in [6.07, 6.45) is 0.409. The molecule has 0 spiro atoms. The molecule has 1 aromatic heterocycles. The van der Waals surface area contributed by atoms with Crippen molar-refractivity contribution in [2.24, 2.45) is 0 Å². The van der Waals surface area contributed by atoms with Crippen LogP contribution in [0.15, 0.2) is 53.7 Å². The van der Waals surface area contributed by atoms with Crippen LogP contribution in [0.4, 0.5) is 4.79 Å². The number of urea groups is 1. The van der Waals surface area contributed by atoms with Crippen molar-refractivity contribution in [1.82, 2.24) is 30.5 Å². The van der Waals surface area contributed by atoms with Gasteiger partial charge in [0.25, 0.3) is 5.91 Å². The van der Waals surface area contributed by atoms with E-state index in [1.165, 1.54) is 0 Å². The first kappa shape index (κ1) is 23.8. The largest absolute Gasteiger partial charge is 0.344 e. The molecule has 1 saturated heterocycles. The molecule has 1 unspecified atom stereocenters. The molecule has 176 valence electrons. The van der Waals surface area contributed by atoms with Crippen LogP contribution < -0.4 is 10.7 Å². The standard InChI is InChI=1S/C23H23ClN6O3S/c1-4-23(3)20(32)30(21(33)25-23)28-18(31)13-34-22-27-26-19(15-7-9-16(24)10-8-15)29(22)17-11-5-14(2)6-12-17/h5-12H,4,13H2,1-3H3,(H,25,33)(H,28,31). The van der Waals surface area contributed by atoms with Gasteiger partial charge in [-0.1, -0.05) is 48.0 Å². The fourth-order valence-corrected chi connectivity index (χ4v) is 4.26. The number of hydrazine groups is 1. The van der Waals surface area contributed by atoms with Crippen LogP contribution in [0.2, 0.25) is 5.02 Å². The number of carbonyl (C=O) groups is 3. The number of nitrogens with zero attached hydrogens (tertiary/aromatic N) is 4. The predicted octanol–water partition coefficient (Wildman–Crippen LogP) is 3.74. The number of halogens is 1. The van der Waals surface area contributed by atoms with Crippen molar-refractivity contribution in [3.63, 3.8) is 0 Å². The van der Waals surface area contributed by atoms with Crippen LogP contribution in [0.25, 0.3) is 17.1 Å². The molecule has 1 aliphatic heterocycles. The van der Waals surface area contributed by atoms with Gasteiger partial charge in [-0.25, -0.2) is 4.79 Å². The van der Waals surface area contributed by atoms with Crippen molar-refractivity contribution in [2.75, 3.05) is 5.75 Å². The summed E-state index contributed by atoms with van der Waals surface area (Å²) < 4.78 is 1.85. The Morgan fingerprint density at radius 2 is 1.79 bits per heavy atom. The molecule has 34 heavy (non-hydrogen) atoms. The quantitative estimate of drug-likeness (QED) is 0.379. The Kier molecular flexibility index (Phi) is 6.63. The highest BCUT2D eigenvalue weighted by Gasteiger charge is 2.47. The second-order valence-electron chi connectivity index (χ2n) is 8.06. The van der Waals surface area contributed by atoms with Gasteiger partial charge in [0.2, 0.25) is 5.91 Å². The molecule has 11 heteroatoms. The number of hydrogen-bond acceptors (Lipinski definition) is 6. The summed E-state index contributed by atoms with van der Waals surface area (Å²) >= 11 is 7.18. The summed E-state index contributed by atoms with van der Waals surface area (Å²) in [6.45, 7) is 5.40. The number of amides is 4. The van der Waals surface area contributed by atoms with Crippen molar-refractivity contribution in [1.29, 1.82) is 0 Å². The van der Waals surface area contributed by atoms with Crippen LogP contribution in [0, 0.1) is 6.92 Å². The molecule has 9 nitrogen and oxygen atoms in total. The zero-order valence-electron chi connectivity index (χ0n) is 18.8. The fraction of sp³-hybridized carbons (Fsp3) is 0.261. The molecule has 3 aromatic rings. The van der Waals surface area contributed by atoms with Crippen LogP contribution in [0.3, 0.4) is 0 Å². The molecular formula is C23H23ClN6O3S. The molecule has 0 bridgehead atoms. The van der Waals surface area contributed by atoms with Crippen molar-refractivity contribution in [2.45, 2.75) is 37.9 Å². The number of benzene rings is 2. The van der Waals surface area contributed by atoms with Crippen LogP contribution in [0.1, 0.15) is 25.8 Å². The number of hydrogen-bond donors (Lipinski definition) is 2. The van der Waals surface area contributed by atoms with Crippen LogP contribution in [-0.4, -0.2) is 48.9 Å². The van der Waals surface area contributed by atoms with E-state index in [1.54, 1.807) is 26.0 Å². The second-order valence-corrected chi connectivity index (χ2v) is 9.44. The van der Waals surface area contributed by atoms with E-state index in [-0.39, 0.29) is 5.75 Å². The monoisotopic (exact) mass is 498 g/mol. The Morgan fingerprint density at radius 1 is 1.12 bits per heavy atom. The van der Waals surface area contributed by atoms with Crippen molar-refractivity contribution < 1.29 is 14.4 Å². The molecule has 2 N–H and O–H groups in total. The molecule has 0 saturated carbocycles. The third-order valence-corrected chi connectivity index (χ3v) is 6.75. The number of rotatable bonds is 7. The molecule has 1 aliphatic rings. The van der Waals surface area contributed by atoms with Gasteiger partial charge in [0.05, 0.1) is 5.75 Å². The molecule has 0 aliphatic carbocycles. The van der Waals surface area contributed by atoms with Gasteiger partial charge < -0.3 is 5.32 Å². The summed E-state index contributed by atoms with van der Waals surface area (Å²) in [6, 6.07) is 14.4. The summed E-state index contributed by atoms with van der Waals surface area (Å²) in [5.74, 6) is -0.493. The minimum atomic E-state index is -1.03. The van der Waals surface area contributed by atoms with E-state index >= 15 is 0 Å². The lowest BCUT2D eigenvalue weighted by Gasteiger charge is -2.19. The Balaban J connectivity index is 1.56. The number of thioether (sulfide) groups is 1. The van der Waals surface area contributed by atoms with Crippen LogP contribution in [0.5, 0.6) is 0 Å². The maximum absolute atomic E-state index is 12.6. The number of nitrogens with one attached hydrogen (secondary N) is 2. The van der Waals surface area contributed by atoms with Gasteiger partial charge in [-0.2, -0.15) is 5.01 Å². The van der Waals surface area contributed by atoms with E-state index in [1.807, 2.05) is 47.9 Å². The highest BCUT2D eigenvalue weighted by Crippen LogP contribution is 2.29. The topological polar surface area (TPSA) is 109 Å². The predicted molar refractivity (Wildman–Crippen MR) is 129 cm³/mol. The highest BCUT2D eigenvalue weighted by atomic mass is 35.5. The average Bonchev–Trinajstić information content (AvgIpc) is 3.33. The van der Waals surface area contributed by atoms with Crippen molar-refractivity contribution in [3.8, 4) is 17.1 Å². The molecule has 2 aromatic carbocycles. The third kappa shape index (κ3) is 4.64. The molecule has 4 rings (SSSR count). The fourth-order valence-electron chi connectivity index (χ4n) is 3.39. The molecule has 1 atom stereocenters. The van der Waals surface area contributed by atoms with Crippen molar-refractivity contribution in [3.05, 3.63) is 59.1 Å². The van der Waals surface area contributed by atoms with E-state index in [0.717, 1.165) is 33.6 Å². The molecule has 4 amide bonds. The summed E-state index contributed by atoms with van der Waals surface area (Å²) in [5, 5.41) is 13.1. The van der Waals surface area contributed by atoms with E-state index in [4.69, 9.17) is 11.6 Å². The summed E-state index contributed by atoms with van der Waals surface area (Å²) in [4.78, 5) is 37.3. The number of aryl methyl sites for hydroxylation is 1. The Hall–Kier alpha value is -3.37. The lowest BCUT2D eigenvalue weighted by Crippen LogP contribution is -2.49. The Labute approximate surface area is 205 Å². The van der Waals surface area contributed by atoms with E-state index in [0.29, 0.717) is 22.4 Å². The second kappa shape index (κ2) is 9.47. The first-order chi connectivity index (χ1) is 16.2. The minimum absolute atomic E-state index is 0.0789. The zero-order chi connectivity index (χ0) is 24.5. The van der Waals surface area contributed by atoms with Gasteiger partial charge in [0, 0.05) is 16.3 Å². The molecule has 2 heterocycles. The average molecular weight is 499 g/mol. The SMILES string of the molecule is CCC1(C)NC(=O)N(NC(=O)CSc2nnc(-c3ccc(Cl)cc3)n2-c2ccc(C)cc2)C1=O. The zero-order valence-corrected chi connectivity index (χ0v) is 20.4. The Morgan fingerprint density at radius 3 is 2.41 bits per heavy atom. The first-order valence-electron chi connectivity index (χ1n) is 10.6. The maximum Gasteiger partial charge on any atom is 0.344 e. The molecular weight excluding hydrogens is 476 g/mol. The van der Waals surface area contributed by atoms with Crippen LogP contribution >= 0.6 is 23.4 Å². The molecule has 1 fully saturated rings. The van der Waals surface area contributed by atoms with Crippen LogP contribution in [-0.2, 0) is 9.59 Å². The van der Waals surface area contributed by atoms with Gasteiger partial charge in [-0.15, -0.1) is 10.2 Å². The first-order valence-corrected chi connectivity index (χ1v) is 12.0. The summed E-state index contributed by atoms with van der Waals surface area (Å²) in [5.41, 5.74) is 4.10. The van der Waals surface area contributed by atoms with Gasteiger partial charge in [-0.3, -0.25) is 19.6 Å². The third-order valence-electron chi connectivity index (χ3n) is 5.56.